The van der Waals surface area contributed by atoms with Gasteiger partial charge in [-0.1, -0.05) is 25.1 Å². The maximum Gasteiger partial charge on any atom is 0.338 e. The molecule has 31 heavy (non-hydrogen) atoms. The van der Waals surface area contributed by atoms with E-state index in [1.54, 1.807) is 45.0 Å². The van der Waals surface area contributed by atoms with Crippen LogP contribution in [0.2, 0.25) is 0 Å². The number of sulfonamides is 1. The van der Waals surface area contributed by atoms with Gasteiger partial charge in [0.25, 0.3) is 0 Å². The van der Waals surface area contributed by atoms with Crippen LogP contribution in [0.4, 0.5) is 11.4 Å². The third kappa shape index (κ3) is 5.85. The molecule has 2 rings (SSSR count). The molecule has 8 heteroatoms. The normalized spacial score (nSPS) is 12.2. The summed E-state index contributed by atoms with van der Waals surface area (Å²) in [4.78, 5) is 25.3. The molecule has 0 radical (unpaired) electrons. The second-order valence-electron chi connectivity index (χ2n) is 7.51. The predicted molar refractivity (Wildman–Crippen MR) is 123 cm³/mol. The van der Waals surface area contributed by atoms with Gasteiger partial charge in [-0.3, -0.25) is 9.10 Å². The Labute approximate surface area is 184 Å². The van der Waals surface area contributed by atoms with Crippen molar-refractivity contribution in [2.45, 2.75) is 47.1 Å². The number of carbonyl (C=O) groups is 2. The van der Waals surface area contributed by atoms with Gasteiger partial charge in [0, 0.05) is 5.69 Å². The quantitative estimate of drug-likeness (QED) is 0.620. The van der Waals surface area contributed by atoms with Crippen LogP contribution < -0.4 is 9.62 Å². The van der Waals surface area contributed by atoms with Crippen molar-refractivity contribution in [1.29, 1.82) is 0 Å². The van der Waals surface area contributed by atoms with Crippen LogP contribution >= 0.6 is 0 Å². The van der Waals surface area contributed by atoms with E-state index in [1.807, 2.05) is 26.0 Å². The monoisotopic (exact) mass is 446 g/mol. The number of benzene rings is 2. The summed E-state index contributed by atoms with van der Waals surface area (Å²) in [6.45, 7) is 9.19. The van der Waals surface area contributed by atoms with Crippen LogP contribution in [0, 0.1) is 20.8 Å². The lowest BCUT2D eigenvalue weighted by atomic mass is 10.1. The summed E-state index contributed by atoms with van der Waals surface area (Å²) in [5.41, 5.74) is 3.61. The summed E-state index contributed by atoms with van der Waals surface area (Å²) in [7, 11) is -3.75. The van der Waals surface area contributed by atoms with E-state index >= 15 is 0 Å². The zero-order valence-electron chi connectivity index (χ0n) is 18.9. The van der Waals surface area contributed by atoms with E-state index in [0.29, 0.717) is 16.9 Å². The largest absolute Gasteiger partial charge is 0.462 e. The van der Waals surface area contributed by atoms with Gasteiger partial charge in [-0.05, 0) is 69.0 Å². The SMILES string of the molecule is CCOC(=O)c1ccc(C)c(NC(=O)[C@H](CC)N(c2cc(C)ccc2C)S(C)(=O)=O)c1. The van der Waals surface area contributed by atoms with Crippen LogP contribution in [-0.4, -0.2) is 39.2 Å². The number of carbonyl (C=O) groups excluding carboxylic acids is 2. The molecule has 0 spiro atoms. The van der Waals surface area contributed by atoms with Gasteiger partial charge in [-0.25, -0.2) is 13.2 Å². The molecular formula is C23H30N2O5S. The smallest absolute Gasteiger partial charge is 0.338 e. The number of ether oxygens (including phenoxy) is 1. The van der Waals surface area contributed by atoms with Gasteiger partial charge in [0.15, 0.2) is 0 Å². The first-order valence-corrected chi connectivity index (χ1v) is 12.0. The molecule has 0 fully saturated rings. The highest BCUT2D eigenvalue weighted by molar-refractivity contribution is 7.92. The topological polar surface area (TPSA) is 92.8 Å². The van der Waals surface area contributed by atoms with Crippen LogP contribution in [-0.2, 0) is 19.6 Å². The molecule has 0 bridgehead atoms. The molecule has 0 unspecified atom stereocenters. The minimum Gasteiger partial charge on any atom is -0.462 e. The molecular weight excluding hydrogens is 416 g/mol. The molecule has 1 atom stereocenters. The molecule has 2 aromatic carbocycles. The molecule has 2 aromatic rings. The average Bonchev–Trinajstić information content (AvgIpc) is 2.69. The number of nitrogens with zero attached hydrogens (tertiary/aromatic N) is 1. The van der Waals surface area contributed by atoms with E-state index in [2.05, 4.69) is 5.32 Å². The maximum absolute atomic E-state index is 13.2. The summed E-state index contributed by atoms with van der Waals surface area (Å²) in [5, 5.41) is 2.80. The minimum absolute atomic E-state index is 0.242. The van der Waals surface area contributed by atoms with Crippen LogP contribution in [0.15, 0.2) is 36.4 Å². The van der Waals surface area contributed by atoms with Gasteiger partial charge >= 0.3 is 5.97 Å². The summed E-state index contributed by atoms with van der Waals surface area (Å²) in [5.74, 6) is -0.962. The highest BCUT2D eigenvalue weighted by atomic mass is 32.2. The lowest BCUT2D eigenvalue weighted by Gasteiger charge is -2.31. The Morgan fingerprint density at radius 2 is 1.68 bits per heavy atom. The van der Waals surface area contributed by atoms with Gasteiger partial charge in [0.1, 0.15) is 6.04 Å². The van der Waals surface area contributed by atoms with Gasteiger partial charge < -0.3 is 10.1 Å². The van der Waals surface area contributed by atoms with Crippen LogP contribution in [0.25, 0.3) is 0 Å². The number of esters is 1. The Bertz CT molecular complexity index is 1080. The molecule has 168 valence electrons. The van der Waals surface area contributed by atoms with Gasteiger partial charge in [-0.15, -0.1) is 0 Å². The zero-order valence-corrected chi connectivity index (χ0v) is 19.7. The molecule has 0 heterocycles. The maximum atomic E-state index is 13.2. The standard InChI is InChI=1S/C23H30N2O5S/c1-7-20(25(31(6,28)29)21-13-15(3)9-10-17(21)5)22(26)24-19-14-18(12-11-16(19)4)23(27)30-8-2/h9-14,20H,7-8H2,1-6H3,(H,24,26)/t20-/m0/s1. The second kappa shape index (κ2) is 9.96. The molecule has 7 nitrogen and oxygen atoms in total. The fourth-order valence-corrected chi connectivity index (χ4v) is 4.57. The number of amides is 1. The van der Waals surface area contributed by atoms with Gasteiger partial charge in [-0.2, -0.15) is 0 Å². The Morgan fingerprint density at radius 1 is 1.03 bits per heavy atom. The summed E-state index contributed by atoms with van der Waals surface area (Å²) >= 11 is 0. The van der Waals surface area contributed by atoms with Crippen molar-refractivity contribution in [3.8, 4) is 0 Å². The zero-order chi connectivity index (χ0) is 23.3. The van der Waals surface area contributed by atoms with Crippen molar-refractivity contribution in [3.63, 3.8) is 0 Å². The average molecular weight is 447 g/mol. The fraction of sp³-hybridized carbons (Fsp3) is 0.391. The Kier molecular flexibility index (Phi) is 7.84. The third-order valence-corrected chi connectivity index (χ3v) is 6.10. The highest BCUT2D eigenvalue weighted by Gasteiger charge is 2.32. The first-order chi connectivity index (χ1) is 14.5. The number of hydrogen-bond donors (Lipinski definition) is 1. The van der Waals surface area contributed by atoms with E-state index in [-0.39, 0.29) is 13.0 Å². The number of hydrogen-bond acceptors (Lipinski definition) is 5. The summed E-state index contributed by atoms with van der Waals surface area (Å²) < 4.78 is 31.6. The third-order valence-electron chi connectivity index (χ3n) is 4.94. The lowest BCUT2D eigenvalue weighted by Crippen LogP contribution is -2.47. The first kappa shape index (κ1) is 24.4. The number of anilines is 2. The van der Waals surface area contributed by atoms with Gasteiger partial charge in [0.2, 0.25) is 15.9 Å². The molecule has 0 aliphatic carbocycles. The van der Waals surface area contributed by atoms with Crippen LogP contribution in [0.3, 0.4) is 0 Å². The molecule has 0 aromatic heterocycles. The number of aryl methyl sites for hydroxylation is 3. The summed E-state index contributed by atoms with van der Waals surface area (Å²) in [6.07, 6.45) is 1.36. The van der Waals surface area contributed by atoms with E-state index < -0.39 is 27.9 Å². The lowest BCUT2D eigenvalue weighted by molar-refractivity contribution is -0.117. The van der Waals surface area contributed by atoms with Crippen molar-refractivity contribution in [2.75, 3.05) is 22.5 Å². The van der Waals surface area contributed by atoms with Crippen molar-refractivity contribution >= 4 is 33.3 Å². The molecule has 0 aliphatic heterocycles. The van der Waals surface area contributed by atoms with Crippen LogP contribution in [0.1, 0.15) is 47.3 Å². The Balaban J connectivity index is 2.45. The second-order valence-corrected chi connectivity index (χ2v) is 9.37. The van der Waals surface area contributed by atoms with E-state index in [9.17, 15) is 18.0 Å². The van der Waals surface area contributed by atoms with Crippen molar-refractivity contribution in [1.82, 2.24) is 0 Å². The molecule has 0 saturated heterocycles. The molecule has 0 saturated carbocycles. The summed E-state index contributed by atoms with van der Waals surface area (Å²) in [6, 6.07) is 9.41. The van der Waals surface area contributed by atoms with E-state index in [1.165, 1.54) is 4.31 Å². The van der Waals surface area contributed by atoms with E-state index in [4.69, 9.17) is 4.74 Å². The van der Waals surface area contributed by atoms with Gasteiger partial charge in [0.05, 0.1) is 24.1 Å². The van der Waals surface area contributed by atoms with Crippen molar-refractivity contribution < 1.29 is 22.7 Å². The minimum atomic E-state index is -3.75. The van der Waals surface area contributed by atoms with Crippen LogP contribution in [0.5, 0.6) is 0 Å². The highest BCUT2D eigenvalue weighted by Crippen LogP contribution is 2.28. The Morgan fingerprint density at radius 3 is 2.26 bits per heavy atom. The first-order valence-electron chi connectivity index (χ1n) is 10.1. The van der Waals surface area contributed by atoms with Crippen molar-refractivity contribution in [3.05, 3.63) is 58.7 Å². The fourth-order valence-electron chi connectivity index (χ4n) is 3.31. The Hall–Kier alpha value is -2.87. The van der Waals surface area contributed by atoms with E-state index in [0.717, 1.165) is 22.9 Å². The number of rotatable bonds is 8. The molecule has 1 amide bonds. The predicted octanol–water partition coefficient (Wildman–Crippen LogP) is 3.97. The van der Waals surface area contributed by atoms with Crippen molar-refractivity contribution in [2.24, 2.45) is 0 Å². The number of nitrogens with one attached hydrogen (secondary N) is 1. The molecule has 0 aliphatic rings. The molecule has 1 N–H and O–H groups in total.